The molecule has 2 saturated heterocycles. The van der Waals surface area contributed by atoms with Crippen LogP contribution in [0.5, 0.6) is 0 Å². The first-order valence-electron chi connectivity index (χ1n) is 20.4. The molecule has 16 heteroatoms. The summed E-state index contributed by atoms with van der Waals surface area (Å²) in [5, 5.41) is 16.5. The Kier molecular flexibility index (Phi) is 9.69. The molecule has 5 aromatic rings. The van der Waals surface area contributed by atoms with Gasteiger partial charge in [0, 0.05) is 24.9 Å². The molecule has 4 amide bonds. The molecule has 4 aliphatic rings. The zero-order valence-electron chi connectivity index (χ0n) is 33.2. The SMILES string of the molecule is CC(=O)N[C@H](C(=O)N1C[Si](C)(C)C[C@H]1c1ncc(-c2ccc(-c3ccc4c(ccc5[nH]c([C@@H]6CC(F)(F)CN6C(=O)[C@@H](NC(=O)CO)C6CC6)nc54)c3)cc2)[nH]1)C1CC1. The molecule has 9 rings (SSSR count). The maximum absolute atomic E-state index is 15.0. The zero-order valence-corrected chi connectivity index (χ0v) is 34.2. The number of carbonyl (C=O) groups excluding carboxylic acids is 4. The molecule has 2 aromatic heterocycles. The molecule has 2 aliphatic carbocycles. The van der Waals surface area contributed by atoms with Crippen molar-refractivity contribution in [1.82, 2.24) is 40.4 Å². The van der Waals surface area contributed by atoms with Crippen molar-refractivity contribution in [2.24, 2.45) is 11.8 Å². The summed E-state index contributed by atoms with van der Waals surface area (Å²) < 4.78 is 29.9. The molecule has 13 nitrogen and oxygen atoms in total. The van der Waals surface area contributed by atoms with Crippen LogP contribution >= 0.6 is 0 Å². The van der Waals surface area contributed by atoms with Crippen molar-refractivity contribution in [2.75, 3.05) is 19.3 Å². The Hall–Kier alpha value is -5.48. The van der Waals surface area contributed by atoms with Crippen molar-refractivity contribution in [1.29, 1.82) is 0 Å². The van der Waals surface area contributed by atoms with Crippen LogP contribution in [-0.2, 0) is 19.2 Å². The molecule has 0 unspecified atom stereocenters. The number of amides is 4. The Bertz CT molecular complexity index is 2480. The highest BCUT2D eigenvalue weighted by atomic mass is 28.3. The van der Waals surface area contributed by atoms with Gasteiger partial charge in [-0.1, -0.05) is 55.6 Å². The Morgan fingerprint density at radius 1 is 0.864 bits per heavy atom. The number of rotatable bonds is 11. The molecular formula is C43H48F2N8O5Si. The number of aromatic amines is 2. The van der Waals surface area contributed by atoms with Crippen molar-refractivity contribution in [3.8, 4) is 22.4 Å². The predicted octanol–water partition coefficient (Wildman–Crippen LogP) is 5.61. The molecule has 0 spiro atoms. The fourth-order valence-corrected chi connectivity index (χ4v) is 12.0. The van der Waals surface area contributed by atoms with Gasteiger partial charge in [-0.25, -0.2) is 18.7 Å². The molecule has 2 saturated carbocycles. The van der Waals surface area contributed by atoms with Gasteiger partial charge in [-0.05, 0) is 77.8 Å². The van der Waals surface area contributed by atoms with Crippen LogP contribution < -0.4 is 10.6 Å². The van der Waals surface area contributed by atoms with E-state index in [1.165, 1.54) is 6.92 Å². The van der Waals surface area contributed by atoms with Crippen molar-refractivity contribution in [2.45, 2.75) is 88.3 Å². The summed E-state index contributed by atoms with van der Waals surface area (Å²) in [7, 11) is -1.72. The average molecular weight is 823 g/mol. The standard InChI is InChI=1S/C43H48F2N8O5Si/c1-23(55)47-36(26-8-9-26)42(58)53-22-59(2,3)20-34(53)39-46-18-32(49-39)25-6-4-24(5-7-25)28-12-14-30-29(16-28)13-15-31-38(30)51-40(48-31)33-17-43(44,45)21-52(33)41(57)37(27-10-11-27)50-35(56)19-54/h4-7,12-16,18,26-27,33-34,36-37,54H,8-11,17,19-22H2,1-3H3,(H,46,49)(H,47,55)(H,48,51)(H,50,56)/t33-,34-,36-,37-/m0/s1. The van der Waals surface area contributed by atoms with E-state index in [0.717, 1.165) is 68.9 Å². The normalized spacial score (nSPS) is 22.1. The van der Waals surface area contributed by atoms with E-state index in [0.29, 0.717) is 23.9 Å². The number of aromatic nitrogens is 4. The number of H-pyrrole nitrogens is 2. The zero-order chi connectivity index (χ0) is 41.4. The lowest BCUT2D eigenvalue weighted by atomic mass is 9.99. The molecule has 308 valence electrons. The van der Waals surface area contributed by atoms with Gasteiger partial charge in [-0.15, -0.1) is 0 Å². The predicted molar refractivity (Wildman–Crippen MR) is 219 cm³/mol. The summed E-state index contributed by atoms with van der Waals surface area (Å²) >= 11 is 0. The average Bonchev–Trinajstić information content (AvgIpc) is 4.07. The number of imidazole rings is 2. The Labute approximate surface area is 340 Å². The third-order valence-electron chi connectivity index (χ3n) is 12.3. The second-order valence-corrected chi connectivity index (χ2v) is 22.8. The van der Waals surface area contributed by atoms with E-state index < -0.39 is 63.5 Å². The number of halogens is 2. The van der Waals surface area contributed by atoms with Crippen LogP contribution in [0.3, 0.4) is 0 Å². The van der Waals surface area contributed by atoms with E-state index in [4.69, 9.17) is 9.97 Å². The van der Waals surface area contributed by atoms with E-state index >= 15 is 0 Å². The van der Waals surface area contributed by atoms with Gasteiger partial charge in [0.15, 0.2) is 0 Å². The van der Waals surface area contributed by atoms with Gasteiger partial charge >= 0.3 is 0 Å². The summed E-state index contributed by atoms with van der Waals surface area (Å²) in [6.07, 6.45) is 5.21. The molecule has 4 atom stereocenters. The minimum atomic E-state index is -3.13. The number of aliphatic hydroxyl groups is 1. The van der Waals surface area contributed by atoms with E-state index in [9.17, 15) is 33.1 Å². The van der Waals surface area contributed by atoms with Crippen LogP contribution in [0, 0.1) is 11.8 Å². The number of hydrogen-bond donors (Lipinski definition) is 5. The van der Waals surface area contributed by atoms with E-state index in [1.807, 2.05) is 59.6 Å². The van der Waals surface area contributed by atoms with Crippen LogP contribution in [0.1, 0.15) is 62.8 Å². The molecule has 4 fully saturated rings. The van der Waals surface area contributed by atoms with E-state index in [2.05, 4.69) is 39.8 Å². The number of nitrogens with one attached hydrogen (secondary N) is 4. The van der Waals surface area contributed by atoms with Gasteiger partial charge in [-0.3, -0.25) is 19.2 Å². The Balaban J connectivity index is 0.935. The van der Waals surface area contributed by atoms with Crippen molar-refractivity contribution in [3.63, 3.8) is 0 Å². The first kappa shape index (κ1) is 39.0. The molecule has 5 N–H and O–H groups in total. The van der Waals surface area contributed by atoms with Gasteiger partial charge in [0.1, 0.15) is 30.3 Å². The number of nitrogens with zero attached hydrogens (tertiary/aromatic N) is 4. The van der Waals surface area contributed by atoms with Crippen LogP contribution in [0.4, 0.5) is 8.78 Å². The fourth-order valence-electron chi connectivity index (χ4n) is 9.11. The second kappa shape index (κ2) is 14.7. The fraction of sp³-hybridized carbons (Fsp3) is 0.442. The second-order valence-electron chi connectivity index (χ2n) is 17.7. The van der Waals surface area contributed by atoms with Crippen LogP contribution in [0.2, 0.25) is 19.1 Å². The number of alkyl halides is 2. The van der Waals surface area contributed by atoms with Gasteiger partial charge in [0.05, 0.1) is 49.6 Å². The highest BCUT2D eigenvalue weighted by Gasteiger charge is 2.52. The highest BCUT2D eigenvalue weighted by molar-refractivity contribution is 6.78. The lowest BCUT2D eigenvalue weighted by Crippen LogP contribution is -2.50. The third kappa shape index (κ3) is 7.75. The Morgan fingerprint density at radius 2 is 1.53 bits per heavy atom. The van der Waals surface area contributed by atoms with Crippen molar-refractivity contribution in [3.05, 3.63) is 72.4 Å². The number of hydrogen-bond acceptors (Lipinski definition) is 7. The van der Waals surface area contributed by atoms with Crippen LogP contribution in [-0.4, -0.2) is 104 Å². The molecule has 0 bridgehead atoms. The van der Waals surface area contributed by atoms with Crippen LogP contribution in [0.15, 0.2) is 60.8 Å². The van der Waals surface area contributed by atoms with E-state index in [1.54, 1.807) is 0 Å². The summed E-state index contributed by atoms with van der Waals surface area (Å²) in [5.41, 5.74) is 5.03. The number of benzene rings is 3. The minimum absolute atomic E-state index is 0.0148. The lowest BCUT2D eigenvalue weighted by Gasteiger charge is -2.28. The van der Waals surface area contributed by atoms with Gasteiger partial charge < -0.3 is 35.5 Å². The summed E-state index contributed by atoms with van der Waals surface area (Å²) in [6.45, 7) is 4.47. The maximum Gasteiger partial charge on any atom is 0.267 e. The Morgan fingerprint density at radius 3 is 2.20 bits per heavy atom. The van der Waals surface area contributed by atoms with E-state index in [-0.39, 0.29) is 35.5 Å². The summed E-state index contributed by atoms with van der Waals surface area (Å²) in [5.74, 6) is -3.60. The maximum atomic E-state index is 15.0. The third-order valence-corrected chi connectivity index (χ3v) is 15.0. The smallest absolute Gasteiger partial charge is 0.267 e. The molecular weight excluding hydrogens is 775 g/mol. The summed E-state index contributed by atoms with van der Waals surface area (Å²) in [6, 6.07) is 16.2. The number of fused-ring (bicyclic) bond motifs is 3. The molecule has 4 heterocycles. The van der Waals surface area contributed by atoms with Gasteiger partial charge in [-0.2, -0.15) is 0 Å². The van der Waals surface area contributed by atoms with Crippen molar-refractivity contribution >= 4 is 53.5 Å². The molecule has 0 radical (unpaired) electrons. The minimum Gasteiger partial charge on any atom is -0.387 e. The van der Waals surface area contributed by atoms with Crippen LogP contribution in [0.25, 0.3) is 44.2 Å². The topological polar surface area (TPSA) is 176 Å². The molecule has 2 aliphatic heterocycles. The quantitative estimate of drug-likeness (QED) is 0.108. The largest absolute Gasteiger partial charge is 0.387 e. The monoisotopic (exact) mass is 822 g/mol. The van der Waals surface area contributed by atoms with Crippen molar-refractivity contribution < 1.29 is 33.1 Å². The lowest BCUT2D eigenvalue weighted by molar-refractivity contribution is -0.139. The highest BCUT2D eigenvalue weighted by Crippen LogP contribution is 2.44. The molecule has 3 aromatic carbocycles. The van der Waals surface area contributed by atoms with Gasteiger partial charge in [0.2, 0.25) is 23.6 Å². The first-order chi connectivity index (χ1) is 28.2. The van der Waals surface area contributed by atoms with Gasteiger partial charge in [0.25, 0.3) is 5.92 Å². The first-order valence-corrected chi connectivity index (χ1v) is 23.8. The summed E-state index contributed by atoms with van der Waals surface area (Å²) in [4.78, 5) is 70.8. The molecule has 59 heavy (non-hydrogen) atoms. The number of aliphatic hydroxyl groups excluding tert-OH is 1. The number of likely N-dealkylation sites (tertiary alicyclic amines) is 1. The number of carbonyl (C=O) groups is 4.